The van der Waals surface area contributed by atoms with Crippen molar-refractivity contribution < 1.29 is 19.4 Å². The molecule has 1 fully saturated rings. The number of nitrogens with zero attached hydrogens (tertiary/aromatic N) is 1. The lowest BCUT2D eigenvalue weighted by Crippen LogP contribution is -2.57. The summed E-state index contributed by atoms with van der Waals surface area (Å²) < 4.78 is 5.66. The van der Waals surface area contributed by atoms with Gasteiger partial charge in [0.15, 0.2) is 0 Å². The highest BCUT2D eigenvalue weighted by atomic mass is 16.5. The van der Waals surface area contributed by atoms with E-state index in [0.717, 1.165) is 0 Å². The first-order chi connectivity index (χ1) is 8.81. The average molecular weight is 272 g/mol. The number of carbonyl (C=O) groups excluding carboxylic acids is 1. The zero-order valence-electron chi connectivity index (χ0n) is 12.0. The van der Waals surface area contributed by atoms with Gasteiger partial charge in [0.1, 0.15) is 6.54 Å². The van der Waals surface area contributed by atoms with E-state index in [4.69, 9.17) is 9.84 Å². The van der Waals surface area contributed by atoms with E-state index in [0.29, 0.717) is 13.1 Å². The molecule has 0 aromatic carbocycles. The van der Waals surface area contributed by atoms with Crippen molar-refractivity contribution in [2.45, 2.75) is 45.9 Å². The summed E-state index contributed by atoms with van der Waals surface area (Å²) in [5.74, 6) is -1.13. The smallest absolute Gasteiger partial charge is 0.322 e. The second-order valence-corrected chi connectivity index (χ2v) is 5.51. The Balaban J connectivity index is 2.70. The Labute approximate surface area is 114 Å². The lowest BCUT2D eigenvalue weighted by atomic mass is 9.99. The standard InChI is InChI=1S/C13H24N2O4/c1-8(2)12(13(18)14-5-11(16)17)15-6-9(3)19-10(4)7-15/h8-10,12H,5-7H2,1-4H3,(H,14,18)(H,16,17)/t9-,10+,12-/m0/s1. The van der Waals surface area contributed by atoms with Gasteiger partial charge in [-0.1, -0.05) is 13.8 Å². The van der Waals surface area contributed by atoms with Crippen LogP contribution in [0.15, 0.2) is 0 Å². The summed E-state index contributed by atoms with van der Waals surface area (Å²) in [5.41, 5.74) is 0. The molecular weight excluding hydrogens is 248 g/mol. The van der Waals surface area contributed by atoms with Gasteiger partial charge in [-0.15, -0.1) is 0 Å². The van der Waals surface area contributed by atoms with Crippen LogP contribution in [0.4, 0.5) is 0 Å². The third-order valence-corrected chi connectivity index (χ3v) is 3.16. The minimum atomic E-state index is -1.03. The van der Waals surface area contributed by atoms with Gasteiger partial charge in [0, 0.05) is 13.1 Å². The highest BCUT2D eigenvalue weighted by Crippen LogP contribution is 2.18. The van der Waals surface area contributed by atoms with E-state index in [1.807, 2.05) is 27.7 Å². The zero-order chi connectivity index (χ0) is 14.6. The van der Waals surface area contributed by atoms with Crippen LogP contribution in [0.1, 0.15) is 27.7 Å². The van der Waals surface area contributed by atoms with Crippen LogP contribution in [0.25, 0.3) is 0 Å². The number of rotatable bonds is 5. The lowest BCUT2D eigenvalue weighted by Gasteiger charge is -2.40. The molecule has 6 heteroatoms. The van der Waals surface area contributed by atoms with Crippen LogP contribution in [0, 0.1) is 5.92 Å². The van der Waals surface area contributed by atoms with E-state index < -0.39 is 5.97 Å². The van der Waals surface area contributed by atoms with Crippen LogP contribution in [0.5, 0.6) is 0 Å². The van der Waals surface area contributed by atoms with Crippen LogP contribution in [0.2, 0.25) is 0 Å². The number of nitrogens with one attached hydrogen (secondary N) is 1. The predicted molar refractivity (Wildman–Crippen MR) is 70.9 cm³/mol. The summed E-state index contributed by atoms with van der Waals surface area (Å²) in [7, 11) is 0. The van der Waals surface area contributed by atoms with Crippen LogP contribution in [-0.4, -0.2) is 59.8 Å². The van der Waals surface area contributed by atoms with E-state index in [9.17, 15) is 9.59 Å². The van der Waals surface area contributed by atoms with E-state index in [1.165, 1.54) is 0 Å². The van der Waals surface area contributed by atoms with E-state index in [1.54, 1.807) is 0 Å². The van der Waals surface area contributed by atoms with Crippen molar-refractivity contribution >= 4 is 11.9 Å². The van der Waals surface area contributed by atoms with Gasteiger partial charge in [0.25, 0.3) is 0 Å². The Kier molecular flexibility index (Phi) is 5.75. The fraction of sp³-hybridized carbons (Fsp3) is 0.846. The van der Waals surface area contributed by atoms with E-state index in [-0.39, 0.29) is 36.6 Å². The Hall–Kier alpha value is -1.14. The molecule has 0 radical (unpaired) electrons. The molecule has 0 aromatic heterocycles. The van der Waals surface area contributed by atoms with Crippen LogP contribution >= 0.6 is 0 Å². The first-order valence-electron chi connectivity index (χ1n) is 6.70. The number of carboxylic acids is 1. The summed E-state index contributed by atoms with van der Waals surface area (Å²) in [6.45, 7) is 8.94. The molecule has 6 nitrogen and oxygen atoms in total. The number of carbonyl (C=O) groups is 2. The van der Waals surface area contributed by atoms with Crippen molar-refractivity contribution in [3.05, 3.63) is 0 Å². The van der Waals surface area contributed by atoms with Gasteiger partial charge in [-0.05, 0) is 19.8 Å². The number of amides is 1. The minimum absolute atomic E-state index is 0.0808. The lowest BCUT2D eigenvalue weighted by molar-refractivity contribution is -0.141. The predicted octanol–water partition coefficient (Wildman–Crippen LogP) is 0.321. The first-order valence-corrected chi connectivity index (χ1v) is 6.70. The molecule has 0 bridgehead atoms. The average Bonchev–Trinajstić information content (AvgIpc) is 2.24. The molecule has 0 spiro atoms. The molecule has 0 unspecified atom stereocenters. The van der Waals surface area contributed by atoms with Crippen molar-refractivity contribution in [3.8, 4) is 0 Å². The van der Waals surface area contributed by atoms with Crippen molar-refractivity contribution in [3.63, 3.8) is 0 Å². The van der Waals surface area contributed by atoms with Crippen molar-refractivity contribution in [2.24, 2.45) is 5.92 Å². The molecule has 1 aliphatic rings. The van der Waals surface area contributed by atoms with Crippen molar-refractivity contribution in [2.75, 3.05) is 19.6 Å². The normalized spacial score (nSPS) is 26.2. The molecule has 3 atom stereocenters. The zero-order valence-corrected chi connectivity index (χ0v) is 12.0. The monoisotopic (exact) mass is 272 g/mol. The maximum atomic E-state index is 12.1. The molecule has 0 aliphatic carbocycles. The molecule has 0 saturated carbocycles. The molecule has 110 valence electrons. The Morgan fingerprint density at radius 3 is 2.26 bits per heavy atom. The number of aliphatic carboxylic acids is 1. The number of ether oxygens (including phenoxy) is 1. The highest BCUT2D eigenvalue weighted by molar-refractivity contribution is 5.85. The van der Waals surface area contributed by atoms with Crippen molar-refractivity contribution in [1.82, 2.24) is 10.2 Å². The summed E-state index contributed by atoms with van der Waals surface area (Å²) in [4.78, 5) is 24.8. The number of carboxylic acid groups (broad SMARTS) is 1. The van der Waals surface area contributed by atoms with Crippen LogP contribution in [-0.2, 0) is 14.3 Å². The molecule has 0 aromatic rings. The van der Waals surface area contributed by atoms with E-state index >= 15 is 0 Å². The summed E-state index contributed by atoms with van der Waals surface area (Å²) in [6, 6.07) is -0.312. The molecule has 1 rings (SSSR count). The molecule has 2 N–H and O–H groups in total. The van der Waals surface area contributed by atoms with Crippen molar-refractivity contribution in [1.29, 1.82) is 0 Å². The van der Waals surface area contributed by atoms with E-state index in [2.05, 4.69) is 10.2 Å². The second-order valence-electron chi connectivity index (χ2n) is 5.51. The molecule has 1 amide bonds. The highest BCUT2D eigenvalue weighted by Gasteiger charge is 2.34. The maximum absolute atomic E-state index is 12.1. The third-order valence-electron chi connectivity index (χ3n) is 3.16. The number of hydrogen-bond donors (Lipinski definition) is 2. The Bertz CT molecular complexity index is 323. The van der Waals surface area contributed by atoms with Crippen LogP contribution in [0.3, 0.4) is 0 Å². The maximum Gasteiger partial charge on any atom is 0.322 e. The Morgan fingerprint density at radius 1 is 1.32 bits per heavy atom. The second kappa shape index (κ2) is 6.86. The molecule has 1 saturated heterocycles. The molecule has 19 heavy (non-hydrogen) atoms. The minimum Gasteiger partial charge on any atom is -0.480 e. The Morgan fingerprint density at radius 2 is 1.84 bits per heavy atom. The number of morpholine rings is 1. The fourth-order valence-corrected chi connectivity index (χ4v) is 2.60. The van der Waals surface area contributed by atoms with Gasteiger partial charge in [0.2, 0.25) is 5.91 Å². The quantitative estimate of drug-likeness (QED) is 0.753. The van der Waals surface area contributed by atoms with Gasteiger partial charge in [-0.25, -0.2) is 0 Å². The SMILES string of the molecule is CC(C)[C@@H](C(=O)NCC(=O)O)N1C[C@@H](C)O[C@@H](C)C1. The van der Waals surface area contributed by atoms with Gasteiger partial charge in [-0.3, -0.25) is 14.5 Å². The largest absolute Gasteiger partial charge is 0.480 e. The summed E-state index contributed by atoms with van der Waals surface area (Å²) in [6.07, 6.45) is 0.162. The summed E-state index contributed by atoms with van der Waals surface area (Å²) in [5, 5.41) is 11.1. The van der Waals surface area contributed by atoms with Gasteiger partial charge in [0.05, 0.1) is 18.2 Å². The van der Waals surface area contributed by atoms with Gasteiger partial charge in [-0.2, -0.15) is 0 Å². The van der Waals surface area contributed by atoms with Gasteiger partial charge < -0.3 is 15.2 Å². The molecular formula is C13H24N2O4. The van der Waals surface area contributed by atoms with Crippen LogP contribution < -0.4 is 5.32 Å². The number of hydrogen-bond acceptors (Lipinski definition) is 4. The topological polar surface area (TPSA) is 78.9 Å². The molecule has 1 heterocycles. The molecule has 1 aliphatic heterocycles. The van der Waals surface area contributed by atoms with Gasteiger partial charge >= 0.3 is 5.97 Å². The first kappa shape index (κ1) is 15.9. The fourth-order valence-electron chi connectivity index (χ4n) is 2.60. The summed E-state index contributed by atoms with van der Waals surface area (Å²) >= 11 is 0. The third kappa shape index (κ3) is 4.80.